The Balaban J connectivity index is 1.75. The number of thiophene rings is 1. The van der Waals surface area contributed by atoms with Crippen molar-refractivity contribution < 1.29 is 4.79 Å². The standard InChI is InChI=1S/C17H22N2OS/c1-11-6-5-9-13-14(18)16(21-15(11)13)17(20)19-10-12-7-3-2-4-8-12/h5-6,9,12H,2-4,7-8,10,18H2,1H3,(H,19,20). The maximum absolute atomic E-state index is 12.4. The van der Waals surface area contributed by atoms with Crippen LogP contribution in [-0.4, -0.2) is 12.5 Å². The molecule has 0 unspecified atom stereocenters. The van der Waals surface area contributed by atoms with Crippen molar-refractivity contribution in [1.82, 2.24) is 5.32 Å². The van der Waals surface area contributed by atoms with Crippen molar-refractivity contribution in [2.24, 2.45) is 5.92 Å². The van der Waals surface area contributed by atoms with Crippen molar-refractivity contribution in [3.05, 3.63) is 28.6 Å². The van der Waals surface area contributed by atoms with Gasteiger partial charge >= 0.3 is 0 Å². The van der Waals surface area contributed by atoms with Crippen LogP contribution >= 0.6 is 11.3 Å². The second-order valence-electron chi connectivity index (χ2n) is 6.01. The van der Waals surface area contributed by atoms with Gasteiger partial charge in [-0.3, -0.25) is 4.79 Å². The van der Waals surface area contributed by atoms with Crippen LogP contribution in [0.25, 0.3) is 10.1 Å². The number of hydrogen-bond acceptors (Lipinski definition) is 3. The molecule has 0 atom stereocenters. The zero-order chi connectivity index (χ0) is 14.8. The molecule has 1 aromatic carbocycles. The molecule has 1 aromatic heterocycles. The largest absolute Gasteiger partial charge is 0.397 e. The Bertz CT molecular complexity index is 656. The summed E-state index contributed by atoms with van der Waals surface area (Å²) >= 11 is 1.51. The molecule has 112 valence electrons. The SMILES string of the molecule is Cc1cccc2c(N)c(C(=O)NCC3CCCCC3)sc12. The van der Waals surface area contributed by atoms with Gasteiger partial charge in [0.2, 0.25) is 0 Å². The second-order valence-corrected chi connectivity index (χ2v) is 7.03. The molecule has 1 fully saturated rings. The number of hydrogen-bond donors (Lipinski definition) is 2. The first kappa shape index (κ1) is 14.4. The highest BCUT2D eigenvalue weighted by molar-refractivity contribution is 7.21. The predicted molar refractivity (Wildman–Crippen MR) is 89.9 cm³/mol. The lowest BCUT2D eigenvalue weighted by Gasteiger charge is -2.21. The van der Waals surface area contributed by atoms with E-state index in [0.29, 0.717) is 16.5 Å². The van der Waals surface area contributed by atoms with E-state index in [2.05, 4.69) is 18.3 Å². The minimum absolute atomic E-state index is 0.0151. The average molecular weight is 302 g/mol. The van der Waals surface area contributed by atoms with E-state index in [4.69, 9.17) is 5.73 Å². The Morgan fingerprint density at radius 2 is 2.10 bits per heavy atom. The van der Waals surface area contributed by atoms with Gasteiger partial charge in [-0.15, -0.1) is 11.3 Å². The highest BCUT2D eigenvalue weighted by atomic mass is 32.1. The van der Waals surface area contributed by atoms with Crippen molar-refractivity contribution >= 4 is 33.0 Å². The number of nitrogens with two attached hydrogens (primary N) is 1. The van der Waals surface area contributed by atoms with Gasteiger partial charge in [-0.25, -0.2) is 0 Å². The van der Waals surface area contributed by atoms with E-state index in [9.17, 15) is 4.79 Å². The van der Waals surface area contributed by atoms with E-state index in [-0.39, 0.29) is 5.91 Å². The van der Waals surface area contributed by atoms with E-state index < -0.39 is 0 Å². The van der Waals surface area contributed by atoms with Crippen LogP contribution in [0.3, 0.4) is 0 Å². The first-order chi connectivity index (χ1) is 10.2. The number of carbonyl (C=O) groups is 1. The van der Waals surface area contributed by atoms with Crippen LogP contribution in [0.2, 0.25) is 0 Å². The van der Waals surface area contributed by atoms with Crippen molar-refractivity contribution in [2.75, 3.05) is 12.3 Å². The molecule has 1 aliphatic carbocycles. The number of anilines is 1. The predicted octanol–water partition coefficient (Wildman–Crippen LogP) is 4.10. The van der Waals surface area contributed by atoms with Crippen LogP contribution in [0.4, 0.5) is 5.69 Å². The van der Waals surface area contributed by atoms with Crippen molar-refractivity contribution in [3.63, 3.8) is 0 Å². The molecular formula is C17H22N2OS. The van der Waals surface area contributed by atoms with Crippen molar-refractivity contribution in [1.29, 1.82) is 0 Å². The summed E-state index contributed by atoms with van der Waals surface area (Å²) in [6.45, 7) is 2.84. The Kier molecular flexibility index (Phi) is 4.15. The Morgan fingerprint density at radius 3 is 2.81 bits per heavy atom. The molecule has 2 aromatic rings. The molecule has 4 heteroatoms. The smallest absolute Gasteiger partial charge is 0.263 e. The van der Waals surface area contributed by atoms with Gasteiger partial charge in [0, 0.05) is 16.6 Å². The lowest BCUT2D eigenvalue weighted by Crippen LogP contribution is -2.30. The highest BCUT2D eigenvalue weighted by Crippen LogP contribution is 2.35. The average Bonchev–Trinajstić information content (AvgIpc) is 2.85. The summed E-state index contributed by atoms with van der Waals surface area (Å²) in [7, 11) is 0. The van der Waals surface area contributed by atoms with Crippen molar-refractivity contribution in [3.8, 4) is 0 Å². The molecule has 3 nitrogen and oxygen atoms in total. The Labute approximate surface area is 129 Å². The molecule has 3 N–H and O–H groups in total. The number of nitrogens with one attached hydrogen (secondary N) is 1. The molecule has 21 heavy (non-hydrogen) atoms. The number of aryl methyl sites for hydroxylation is 1. The van der Waals surface area contributed by atoms with E-state index in [1.165, 1.54) is 49.0 Å². The minimum Gasteiger partial charge on any atom is -0.397 e. The fourth-order valence-corrected chi connectivity index (χ4v) is 4.26. The third-order valence-corrected chi connectivity index (χ3v) is 5.79. The van der Waals surface area contributed by atoms with E-state index in [1.54, 1.807) is 0 Å². The minimum atomic E-state index is -0.0151. The lowest BCUT2D eigenvalue weighted by molar-refractivity contribution is 0.0948. The molecule has 0 saturated heterocycles. The maximum Gasteiger partial charge on any atom is 0.263 e. The van der Waals surface area contributed by atoms with Gasteiger partial charge in [-0.2, -0.15) is 0 Å². The number of rotatable bonds is 3. The third kappa shape index (κ3) is 2.91. The summed E-state index contributed by atoms with van der Waals surface area (Å²) in [5.74, 6) is 0.624. The monoisotopic (exact) mass is 302 g/mol. The fourth-order valence-electron chi connectivity index (χ4n) is 3.16. The van der Waals surface area contributed by atoms with E-state index in [0.717, 1.165) is 16.6 Å². The first-order valence-electron chi connectivity index (χ1n) is 7.72. The summed E-state index contributed by atoms with van der Waals surface area (Å²) < 4.78 is 1.12. The van der Waals surface area contributed by atoms with Crippen LogP contribution in [0.5, 0.6) is 0 Å². The zero-order valence-electron chi connectivity index (χ0n) is 12.4. The van der Waals surface area contributed by atoms with E-state index in [1.807, 2.05) is 12.1 Å². The molecular weight excluding hydrogens is 280 g/mol. The van der Waals surface area contributed by atoms with Crippen LogP contribution < -0.4 is 11.1 Å². The summed E-state index contributed by atoms with van der Waals surface area (Å²) in [5.41, 5.74) is 7.97. The number of fused-ring (bicyclic) bond motifs is 1. The van der Waals surface area contributed by atoms with Gasteiger partial charge in [0.1, 0.15) is 4.88 Å². The molecule has 0 spiro atoms. The van der Waals surface area contributed by atoms with Crippen LogP contribution in [0, 0.1) is 12.8 Å². The quantitative estimate of drug-likeness (QED) is 0.896. The van der Waals surface area contributed by atoms with Crippen molar-refractivity contribution in [2.45, 2.75) is 39.0 Å². The summed E-state index contributed by atoms with van der Waals surface area (Å²) in [6.07, 6.45) is 6.41. The number of benzene rings is 1. The van der Waals surface area contributed by atoms with Crippen LogP contribution in [-0.2, 0) is 0 Å². The highest BCUT2D eigenvalue weighted by Gasteiger charge is 2.19. The second kappa shape index (κ2) is 6.06. The molecule has 1 amide bonds. The lowest BCUT2D eigenvalue weighted by atomic mass is 9.89. The van der Waals surface area contributed by atoms with E-state index >= 15 is 0 Å². The number of amides is 1. The van der Waals surface area contributed by atoms with Crippen LogP contribution in [0.15, 0.2) is 18.2 Å². The van der Waals surface area contributed by atoms with Gasteiger partial charge in [-0.1, -0.05) is 37.5 Å². The maximum atomic E-state index is 12.4. The summed E-state index contributed by atoms with van der Waals surface area (Å²) in [4.78, 5) is 13.1. The topological polar surface area (TPSA) is 55.1 Å². The number of carbonyl (C=O) groups excluding carboxylic acids is 1. The molecule has 1 aliphatic rings. The first-order valence-corrected chi connectivity index (χ1v) is 8.54. The van der Waals surface area contributed by atoms with Gasteiger partial charge in [-0.05, 0) is 31.2 Å². The molecule has 3 rings (SSSR count). The molecule has 0 aliphatic heterocycles. The normalized spacial score (nSPS) is 16.2. The fraction of sp³-hybridized carbons (Fsp3) is 0.471. The third-order valence-electron chi connectivity index (χ3n) is 4.43. The Morgan fingerprint density at radius 1 is 1.33 bits per heavy atom. The van der Waals surface area contributed by atoms with Gasteiger partial charge in [0.25, 0.3) is 5.91 Å². The molecule has 1 heterocycles. The Hall–Kier alpha value is -1.55. The van der Waals surface area contributed by atoms with Gasteiger partial charge < -0.3 is 11.1 Å². The summed E-state index contributed by atoms with van der Waals surface area (Å²) in [5, 5.41) is 4.08. The summed E-state index contributed by atoms with van der Waals surface area (Å²) in [6, 6.07) is 6.04. The molecule has 0 radical (unpaired) electrons. The van der Waals surface area contributed by atoms with Gasteiger partial charge in [0.15, 0.2) is 0 Å². The number of nitrogen functional groups attached to an aromatic ring is 1. The van der Waals surface area contributed by atoms with Crippen LogP contribution in [0.1, 0.15) is 47.3 Å². The van der Waals surface area contributed by atoms with Gasteiger partial charge in [0.05, 0.1) is 5.69 Å². The molecule has 1 saturated carbocycles. The molecule has 0 bridgehead atoms. The zero-order valence-corrected chi connectivity index (χ0v) is 13.3.